The second-order valence-corrected chi connectivity index (χ2v) is 5.88. The molecule has 1 N–H and O–H groups in total. The van der Waals surface area contributed by atoms with E-state index in [1.165, 1.54) is 12.8 Å². The van der Waals surface area contributed by atoms with Gasteiger partial charge in [-0.2, -0.15) is 5.26 Å². The molecule has 0 bridgehead atoms. The summed E-state index contributed by atoms with van der Waals surface area (Å²) in [6.45, 7) is 4.60. The Labute approximate surface area is 111 Å². The minimum absolute atomic E-state index is 0.492. The van der Waals surface area contributed by atoms with Gasteiger partial charge in [0, 0.05) is 10.5 Å². The molecule has 1 saturated carbocycles. The van der Waals surface area contributed by atoms with Gasteiger partial charge in [0.25, 0.3) is 0 Å². The Morgan fingerprint density at radius 3 is 2.71 bits per heavy atom. The Bertz CT molecular complexity index is 450. The SMILES string of the molecule is CC1CCC(Nc2cc(Br)ccc2C#N)C1C. The van der Waals surface area contributed by atoms with Gasteiger partial charge in [0.15, 0.2) is 0 Å². The average molecular weight is 293 g/mol. The van der Waals surface area contributed by atoms with Gasteiger partial charge < -0.3 is 5.32 Å². The molecule has 0 saturated heterocycles. The number of nitrogens with one attached hydrogen (secondary N) is 1. The second-order valence-electron chi connectivity index (χ2n) is 4.97. The molecule has 2 nitrogen and oxygen atoms in total. The topological polar surface area (TPSA) is 35.8 Å². The summed E-state index contributed by atoms with van der Waals surface area (Å²) < 4.78 is 1.01. The van der Waals surface area contributed by atoms with E-state index in [0.29, 0.717) is 12.0 Å². The first-order valence-electron chi connectivity index (χ1n) is 6.08. The van der Waals surface area contributed by atoms with Crippen LogP contribution in [0.2, 0.25) is 0 Å². The molecule has 3 heteroatoms. The minimum Gasteiger partial charge on any atom is -0.381 e. The largest absolute Gasteiger partial charge is 0.381 e. The van der Waals surface area contributed by atoms with Crippen LogP contribution < -0.4 is 5.32 Å². The molecule has 0 spiro atoms. The highest BCUT2D eigenvalue weighted by molar-refractivity contribution is 9.10. The third kappa shape index (κ3) is 2.63. The monoisotopic (exact) mass is 292 g/mol. The summed E-state index contributed by atoms with van der Waals surface area (Å²) in [7, 11) is 0. The Balaban J connectivity index is 2.19. The zero-order valence-corrected chi connectivity index (χ0v) is 11.8. The van der Waals surface area contributed by atoms with E-state index in [-0.39, 0.29) is 0 Å². The number of anilines is 1. The number of hydrogen-bond donors (Lipinski definition) is 1. The van der Waals surface area contributed by atoms with Gasteiger partial charge in [-0.1, -0.05) is 29.8 Å². The molecular formula is C14H17BrN2. The number of halogens is 1. The first-order chi connectivity index (χ1) is 8.11. The summed E-state index contributed by atoms with van der Waals surface area (Å²) >= 11 is 3.45. The molecule has 17 heavy (non-hydrogen) atoms. The quantitative estimate of drug-likeness (QED) is 0.888. The summed E-state index contributed by atoms with van der Waals surface area (Å²) in [4.78, 5) is 0. The van der Waals surface area contributed by atoms with E-state index in [9.17, 15) is 0 Å². The fourth-order valence-electron chi connectivity index (χ4n) is 2.50. The lowest BCUT2D eigenvalue weighted by molar-refractivity contribution is 0.435. The van der Waals surface area contributed by atoms with Crippen molar-refractivity contribution in [2.75, 3.05) is 5.32 Å². The highest BCUT2D eigenvalue weighted by atomic mass is 79.9. The van der Waals surface area contributed by atoms with Gasteiger partial charge in [0.05, 0.1) is 11.3 Å². The molecule has 3 atom stereocenters. The van der Waals surface area contributed by atoms with Crippen LogP contribution in [0.15, 0.2) is 22.7 Å². The fourth-order valence-corrected chi connectivity index (χ4v) is 2.86. The molecule has 0 radical (unpaired) electrons. The lowest BCUT2D eigenvalue weighted by Gasteiger charge is -2.21. The summed E-state index contributed by atoms with van der Waals surface area (Å²) in [6, 6.07) is 8.49. The molecule has 1 aliphatic carbocycles. The van der Waals surface area contributed by atoms with Crippen molar-refractivity contribution in [3.05, 3.63) is 28.2 Å². The Kier molecular flexibility index (Phi) is 3.73. The third-order valence-electron chi connectivity index (χ3n) is 3.91. The average Bonchev–Trinajstić information content (AvgIpc) is 2.61. The predicted octanol–water partition coefficient (Wildman–Crippen LogP) is 4.17. The van der Waals surface area contributed by atoms with Crippen LogP contribution >= 0.6 is 15.9 Å². The molecule has 3 unspecified atom stereocenters. The van der Waals surface area contributed by atoms with E-state index in [1.54, 1.807) is 0 Å². The van der Waals surface area contributed by atoms with Gasteiger partial charge in [-0.3, -0.25) is 0 Å². The van der Waals surface area contributed by atoms with Crippen LogP contribution in [0.1, 0.15) is 32.3 Å². The van der Waals surface area contributed by atoms with E-state index < -0.39 is 0 Å². The van der Waals surface area contributed by atoms with Gasteiger partial charge >= 0.3 is 0 Å². The first-order valence-corrected chi connectivity index (χ1v) is 6.87. The van der Waals surface area contributed by atoms with Crippen molar-refractivity contribution in [3.8, 4) is 6.07 Å². The van der Waals surface area contributed by atoms with Crippen LogP contribution in [0.25, 0.3) is 0 Å². The maximum atomic E-state index is 9.10. The minimum atomic E-state index is 0.492. The molecule has 0 amide bonds. The van der Waals surface area contributed by atoms with Crippen LogP contribution in [-0.4, -0.2) is 6.04 Å². The standard InChI is InChI=1S/C14H17BrN2/c1-9-3-6-13(10(9)2)17-14-7-12(15)5-4-11(14)8-16/h4-5,7,9-10,13,17H,3,6H2,1-2H3. The molecule has 0 aromatic heterocycles. The smallest absolute Gasteiger partial charge is 0.101 e. The summed E-state index contributed by atoms with van der Waals surface area (Å²) in [6.07, 6.45) is 2.47. The van der Waals surface area contributed by atoms with Gasteiger partial charge in [0.2, 0.25) is 0 Å². The van der Waals surface area contributed by atoms with Crippen LogP contribution in [0, 0.1) is 23.2 Å². The maximum Gasteiger partial charge on any atom is 0.101 e. The van der Waals surface area contributed by atoms with Gasteiger partial charge in [-0.15, -0.1) is 0 Å². The molecular weight excluding hydrogens is 276 g/mol. The van der Waals surface area contributed by atoms with Crippen LogP contribution in [0.3, 0.4) is 0 Å². The van der Waals surface area contributed by atoms with Gasteiger partial charge in [0.1, 0.15) is 6.07 Å². The number of benzene rings is 1. The summed E-state index contributed by atoms with van der Waals surface area (Å²) in [5.41, 5.74) is 1.67. The van der Waals surface area contributed by atoms with Crippen molar-refractivity contribution >= 4 is 21.6 Å². The van der Waals surface area contributed by atoms with E-state index in [1.807, 2.05) is 18.2 Å². The van der Waals surface area contributed by atoms with Crippen molar-refractivity contribution in [1.29, 1.82) is 5.26 Å². The molecule has 1 aliphatic rings. The number of hydrogen-bond acceptors (Lipinski definition) is 2. The zero-order chi connectivity index (χ0) is 12.4. The highest BCUT2D eigenvalue weighted by Crippen LogP contribution is 2.34. The summed E-state index contributed by atoms with van der Waals surface area (Å²) in [5.74, 6) is 1.44. The van der Waals surface area contributed by atoms with E-state index in [2.05, 4.69) is 41.2 Å². The van der Waals surface area contributed by atoms with E-state index in [0.717, 1.165) is 21.6 Å². The third-order valence-corrected chi connectivity index (χ3v) is 4.40. The van der Waals surface area contributed by atoms with Crippen LogP contribution in [0.5, 0.6) is 0 Å². The second kappa shape index (κ2) is 5.10. The molecule has 1 fully saturated rings. The van der Waals surface area contributed by atoms with Crippen LogP contribution in [0.4, 0.5) is 5.69 Å². The van der Waals surface area contributed by atoms with E-state index >= 15 is 0 Å². The molecule has 90 valence electrons. The Morgan fingerprint density at radius 1 is 1.35 bits per heavy atom. The number of rotatable bonds is 2. The van der Waals surface area contributed by atoms with Crippen molar-refractivity contribution in [2.24, 2.45) is 11.8 Å². The van der Waals surface area contributed by atoms with Crippen molar-refractivity contribution in [3.63, 3.8) is 0 Å². The molecule has 1 aromatic rings. The highest BCUT2D eigenvalue weighted by Gasteiger charge is 2.29. The lowest BCUT2D eigenvalue weighted by Crippen LogP contribution is -2.24. The maximum absolute atomic E-state index is 9.10. The Hall–Kier alpha value is -1.01. The van der Waals surface area contributed by atoms with Crippen molar-refractivity contribution in [1.82, 2.24) is 0 Å². The van der Waals surface area contributed by atoms with Crippen LogP contribution in [-0.2, 0) is 0 Å². The summed E-state index contributed by atoms with van der Waals surface area (Å²) in [5, 5.41) is 12.6. The predicted molar refractivity (Wildman–Crippen MR) is 73.8 cm³/mol. The molecule has 2 rings (SSSR count). The molecule has 1 aromatic carbocycles. The van der Waals surface area contributed by atoms with Gasteiger partial charge in [-0.25, -0.2) is 0 Å². The number of nitrogens with zero attached hydrogens (tertiary/aromatic N) is 1. The Morgan fingerprint density at radius 2 is 2.12 bits per heavy atom. The fraction of sp³-hybridized carbons (Fsp3) is 0.500. The number of nitriles is 1. The zero-order valence-electron chi connectivity index (χ0n) is 10.2. The first kappa shape index (κ1) is 12.4. The molecule has 0 heterocycles. The lowest BCUT2D eigenvalue weighted by atomic mass is 9.97. The van der Waals surface area contributed by atoms with Gasteiger partial charge in [-0.05, 0) is 42.9 Å². The molecule has 0 aliphatic heterocycles. The van der Waals surface area contributed by atoms with Crippen molar-refractivity contribution in [2.45, 2.75) is 32.7 Å². The van der Waals surface area contributed by atoms with Crippen molar-refractivity contribution < 1.29 is 0 Å². The van der Waals surface area contributed by atoms with E-state index in [4.69, 9.17) is 5.26 Å². The normalized spacial score (nSPS) is 27.8.